The molecule has 0 aromatic carbocycles. The molecule has 0 saturated carbocycles. The molecule has 0 fully saturated rings. The van der Waals surface area contributed by atoms with Gasteiger partial charge in [0, 0.05) is 28.8 Å². The summed E-state index contributed by atoms with van der Waals surface area (Å²) in [5, 5.41) is 4.51. The highest BCUT2D eigenvalue weighted by molar-refractivity contribution is 9.10. The standard InChI is InChI=1S/C23H28BrClN6/c1-14-11-27-17(15(2)19(14)24)13-31-12-16(9-7-6-8-10-28-23(3,4)5)18-20(25)29-22(26)30-21(18)31/h11-12,28H,6,8,10,13H2,1-5H3,(H2,26,29,30). The largest absolute Gasteiger partial charge is 0.368 e. The molecule has 31 heavy (non-hydrogen) atoms. The van der Waals surface area contributed by atoms with Crippen molar-refractivity contribution in [3.8, 4) is 11.8 Å². The molecule has 3 heterocycles. The lowest BCUT2D eigenvalue weighted by Crippen LogP contribution is -2.36. The van der Waals surface area contributed by atoms with Crippen LogP contribution < -0.4 is 11.1 Å². The minimum Gasteiger partial charge on any atom is -0.368 e. The van der Waals surface area contributed by atoms with Gasteiger partial charge in [0.1, 0.15) is 10.8 Å². The van der Waals surface area contributed by atoms with Crippen molar-refractivity contribution in [2.75, 3.05) is 12.3 Å². The summed E-state index contributed by atoms with van der Waals surface area (Å²) in [6.07, 6.45) is 5.58. The van der Waals surface area contributed by atoms with E-state index in [1.165, 1.54) is 0 Å². The van der Waals surface area contributed by atoms with E-state index in [9.17, 15) is 0 Å². The molecule has 6 nitrogen and oxygen atoms in total. The summed E-state index contributed by atoms with van der Waals surface area (Å²) in [6.45, 7) is 12.0. The van der Waals surface area contributed by atoms with Crippen LogP contribution in [0, 0.1) is 25.7 Å². The van der Waals surface area contributed by atoms with E-state index in [0.717, 1.165) is 51.6 Å². The van der Waals surface area contributed by atoms with Crippen molar-refractivity contribution >= 4 is 44.5 Å². The van der Waals surface area contributed by atoms with Gasteiger partial charge in [-0.2, -0.15) is 4.98 Å². The third kappa shape index (κ3) is 5.76. The molecule has 0 unspecified atom stereocenters. The summed E-state index contributed by atoms with van der Waals surface area (Å²) in [4.78, 5) is 13.2. The first-order valence-electron chi connectivity index (χ1n) is 10.2. The summed E-state index contributed by atoms with van der Waals surface area (Å²) in [6, 6.07) is 0. The Kier molecular flexibility index (Phi) is 7.25. The van der Waals surface area contributed by atoms with E-state index in [2.05, 4.69) is 68.8 Å². The van der Waals surface area contributed by atoms with Gasteiger partial charge in [0.15, 0.2) is 0 Å². The first kappa shape index (κ1) is 23.5. The van der Waals surface area contributed by atoms with Gasteiger partial charge in [-0.15, -0.1) is 0 Å². The van der Waals surface area contributed by atoms with Gasteiger partial charge in [-0.1, -0.05) is 39.4 Å². The topological polar surface area (TPSA) is 81.7 Å². The Balaban J connectivity index is 1.90. The predicted octanol–water partition coefficient (Wildman–Crippen LogP) is 5.01. The molecule has 3 N–H and O–H groups in total. The zero-order chi connectivity index (χ0) is 22.8. The number of unbranched alkanes of at least 4 members (excludes halogenated alkanes) is 1. The number of aryl methyl sites for hydroxylation is 1. The second-order valence-corrected chi connectivity index (χ2v) is 9.80. The zero-order valence-electron chi connectivity index (χ0n) is 18.6. The molecule has 0 spiro atoms. The molecule has 3 aromatic heterocycles. The lowest BCUT2D eigenvalue weighted by molar-refractivity contribution is 0.424. The molecule has 3 aromatic rings. The lowest BCUT2D eigenvalue weighted by Gasteiger charge is -2.19. The van der Waals surface area contributed by atoms with E-state index >= 15 is 0 Å². The molecule has 3 rings (SSSR count). The van der Waals surface area contributed by atoms with Crippen molar-refractivity contribution in [1.29, 1.82) is 0 Å². The first-order valence-corrected chi connectivity index (χ1v) is 11.4. The van der Waals surface area contributed by atoms with Gasteiger partial charge in [0.2, 0.25) is 5.95 Å². The number of fused-ring (bicyclic) bond motifs is 1. The quantitative estimate of drug-likeness (QED) is 0.291. The number of nitrogens with zero attached hydrogens (tertiary/aromatic N) is 4. The number of anilines is 1. The van der Waals surface area contributed by atoms with Crippen LogP contribution in [0.4, 0.5) is 5.95 Å². The number of pyridine rings is 1. The van der Waals surface area contributed by atoms with Crippen LogP contribution in [0.3, 0.4) is 0 Å². The fraction of sp³-hybridized carbons (Fsp3) is 0.435. The highest BCUT2D eigenvalue weighted by Gasteiger charge is 2.16. The van der Waals surface area contributed by atoms with Gasteiger partial charge in [-0.25, -0.2) is 4.98 Å². The van der Waals surface area contributed by atoms with Crippen LogP contribution in [0.5, 0.6) is 0 Å². The number of nitrogen functional groups attached to an aromatic ring is 1. The van der Waals surface area contributed by atoms with E-state index in [0.29, 0.717) is 17.3 Å². The number of rotatable bonds is 5. The Hall–Kier alpha value is -2.14. The van der Waals surface area contributed by atoms with Crippen molar-refractivity contribution in [2.45, 2.75) is 59.5 Å². The van der Waals surface area contributed by atoms with Crippen molar-refractivity contribution in [3.63, 3.8) is 0 Å². The summed E-state index contributed by atoms with van der Waals surface area (Å²) in [5.41, 5.74) is 10.6. The van der Waals surface area contributed by atoms with Crippen molar-refractivity contribution < 1.29 is 0 Å². The maximum absolute atomic E-state index is 6.43. The summed E-state index contributed by atoms with van der Waals surface area (Å²) >= 11 is 10.1. The molecule has 8 heteroatoms. The smallest absolute Gasteiger partial charge is 0.223 e. The van der Waals surface area contributed by atoms with E-state index in [1.54, 1.807) is 0 Å². The fourth-order valence-corrected chi connectivity index (χ4v) is 3.85. The SMILES string of the molecule is Cc1cnc(Cn2cc(C#CCCCNC(C)(C)C)c3c(Cl)nc(N)nc32)c(C)c1Br. The molecule has 0 aliphatic carbocycles. The third-order valence-corrected chi connectivity index (χ3v) is 6.38. The van der Waals surface area contributed by atoms with Crippen LogP contribution in [-0.2, 0) is 6.54 Å². The van der Waals surface area contributed by atoms with Crippen molar-refractivity contribution in [2.24, 2.45) is 0 Å². The molecule has 0 atom stereocenters. The maximum Gasteiger partial charge on any atom is 0.223 e. The number of nitrogens with one attached hydrogen (secondary N) is 1. The monoisotopic (exact) mass is 502 g/mol. The molecule has 164 valence electrons. The van der Waals surface area contributed by atoms with E-state index in [-0.39, 0.29) is 11.5 Å². The number of aromatic nitrogens is 4. The third-order valence-electron chi connectivity index (χ3n) is 4.89. The van der Waals surface area contributed by atoms with Crippen LogP contribution in [0.1, 0.15) is 56.0 Å². The maximum atomic E-state index is 6.43. The van der Waals surface area contributed by atoms with Crippen LogP contribution in [0.25, 0.3) is 11.0 Å². The number of nitrogens with two attached hydrogens (primary N) is 1. The van der Waals surface area contributed by atoms with Gasteiger partial charge in [-0.05, 0) is 58.7 Å². The van der Waals surface area contributed by atoms with E-state index < -0.39 is 0 Å². The van der Waals surface area contributed by atoms with Crippen LogP contribution in [0.15, 0.2) is 16.9 Å². The van der Waals surface area contributed by atoms with Crippen LogP contribution in [0.2, 0.25) is 5.15 Å². The second kappa shape index (κ2) is 9.56. The number of hydrogen-bond acceptors (Lipinski definition) is 5. The average Bonchev–Trinajstić information content (AvgIpc) is 3.01. The highest BCUT2D eigenvalue weighted by Crippen LogP contribution is 2.28. The molecule has 0 aliphatic rings. The summed E-state index contributed by atoms with van der Waals surface area (Å²) in [7, 11) is 0. The normalized spacial score (nSPS) is 11.6. The molecule has 0 bridgehead atoms. The fourth-order valence-electron chi connectivity index (χ4n) is 3.24. The van der Waals surface area contributed by atoms with Gasteiger partial charge in [0.05, 0.1) is 23.2 Å². The van der Waals surface area contributed by atoms with E-state index in [4.69, 9.17) is 17.3 Å². The average molecular weight is 504 g/mol. The van der Waals surface area contributed by atoms with Gasteiger partial charge < -0.3 is 15.6 Å². The lowest BCUT2D eigenvalue weighted by atomic mass is 10.1. The molecule has 0 saturated heterocycles. The Bertz CT molecular complexity index is 1170. The van der Waals surface area contributed by atoms with Crippen molar-refractivity contribution in [1.82, 2.24) is 24.8 Å². The molecule has 0 aliphatic heterocycles. The Labute approximate surface area is 197 Å². The summed E-state index contributed by atoms with van der Waals surface area (Å²) < 4.78 is 3.05. The van der Waals surface area contributed by atoms with Crippen LogP contribution >= 0.6 is 27.5 Å². The van der Waals surface area contributed by atoms with Gasteiger partial charge >= 0.3 is 0 Å². The molecular weight excluding hydrogens is 476 g/mol. The minimum absolute atomic E-state index is 0.114. The molecule has 0 amide bonds. The van der Waals surface area contributed by atoms with Gasteiger partial charge in [-0.3, -0.25) is 4.98 Å². The van der Waals surface area contributed by atoms with E-state index in [1.807, 2.05) is 30.8 Å². The van der Waals surface area contributed by atoms with Crippen molar-refractivity contribution in [3.05, 3.63) is 44.4 Å². The number of halogens is 2. The minimum atomic E-state index is 0.114. The zero-order valence-corrected chi connectivity index (χ0v) is 20.9. The summed E-state index contributed by atoms with van der Waals surface area (Å²) in [5.74, 6) is 6.65. The highest BCUT2D eigenvalue weighted by atomic mass is 79.9. The molecule has 0 radical (unpaired) electrons. The Morgan fingerprint density at radius 2 is 2.00 bits per heavy atom. The number of hydrogen-bond donors (Lipinski definition) is 2. The second-order valence-electron chi connectivity index (χ2n) is 8.65. The molecular formula is C23H28BrClN6. The van der Waals surface area contributed by atoms with Crippen LogP contribution in [-0.4, -0.2) is 31.6 Å². The first-order chi connectivity index (χ1) is 14.6. The Morgan fingerprint density at radius 3 is 2.71 bits per heavy atom. The Morgan fingerprint density at radius 1 is 1.26 bits per heavy atom. The predicted molar refractivity (Wildman–Crippen MR) is 131 cm³/mol. The van der Waals surface area contributed by atoms with Gasteiger partial charge in [0.25, 0.3) is 0 Å².